The molecule has 2 heterocycles. The van der Waals surface area contributed by atoms with Gasteiger partial charge in [-0.2, -0.15) is 0 Å². The number of fused-ring (bicyclic) bond motifs is 1. The third-order valence-electron chi connectivity index (χ3n) is 4.06. The first-order valence-electron chi connectivity index (χ1n) is 7.73. The largest absolute Gasteiger partial charge is 0.378 e. The zero-order valence-electron chi connectivity index (χ0n) is 12.5. The first-order chi connectivity index (χ1) is 10.8. The number of hydrogen-bond donors (Lipinski definition) is 2. The Labute approximate surface area is 129 Å². The van der Waals surface area contributed by atoms with Crippen LogP contribution in [0.5, 0.6) is 0 Å². The molecule has 1 aromatic rings. The molecule has 2 aliphatic heterocycles. The Balaban J connectivity index is 1.57. The van der Waals surface area contributed by atoms with Crippen molar-refractivity contribution < 1.29 is 14.3 Å². The number of para-hydroxylation sites is 1. The molecule has 2 amide bonds. The summed E-state index contributed by atoms with van der Waals surface area (Å²) in [6.45, 7) is 2.35. The van der Waals surface area contributed by atoms with Crippen LogP contribution in [-0.2, 0) is 20.7 Å². The van der Waals surface area contributed by atoms with Crippen LogP contribution in [0.3, 0.4) is 0 Å². The van der Waals surface area contributed by atoms with Gasteiger partial charge in [0, 0.05) is 18.8 Å². The van der Waals surface area contributed by atoms with Gasteiger partial charge >= 0.3 is 0 Å². The van der Waals surface area contributed by atoms with Crippen LogP contribution in [0.25, 0.3) is 0 Å². The van der Waals surface area contributed by atoms with Gasteiger partial charge in [0.05, 0.1) is 19.8 Å². The Hall–Kier alpha value is -1.92. The number of rotatable bonds is 3. The maximum atomic E-state index is 12.4. The summed E-state index contributed by atoms with van der Waals surface area (Å²) in [5, 5.41) is 5.78. The van der Waals surface area contributed by atoms with Gasteiger partial charge in [-0.3, -0.25) is 9.59 Å². The monoisotopic (exact) mass is 303 g/mol. The molecule has 6 heteroatoms. The Bertz CT molecular complexity index is 555. The van der Waals surface area contributed by atoms with E-state index >= 15 is 0 Å². The zero-order chi connectivity index (χ0) is 15.4. The summed E-state index contributed by atoms with van der Waals surface area (Å²) in [6.07, 6.45) is 1.95. The highest BCUT2D eigenvalue weighted by Gasteiger charge is 2.25. The maximum Gasteiger partial charge on any atom is 0.246 e. The minimum atomic E-state index is -0.366. The molecule has 2 N–H and O–H groups in total. The highest BCUT2D eigenvalue weighted by Crippen LogP contribution is 2.26. The van der Waals surface area contributed by atoms with E-state index in [0.717, 1.165) is 18.5 Å². The standard InChI is InChI=1S/C16H21N3O3/c20-15(10-18-16(21)13-11-22-9-7-17-13)19-8-3-5-12-4-1-2-6-14(12)19/h1-2,4,6,13,17H,3,5,7-11H2,(H,18,21). The van der Waals surface area contributed by atoms with E-state index in [1.807, 2.05) is 18.2 Å². The first kappa shape index (κ1) is 15.0. The van der Waals surface area contributed by atoms with Gasteiger partial charge in [0.15, 0.2) is 0 Å². The summed E-state index contributed by atoms with van der Waals surface area (Å²) in [6, 6.07) is 7.58. The lowest BCUT2D eigenvalue weighted by Crippen LogP contribution is -2.53. The minimum Gasteiger partial charge on any atom is -0.378 e. The zero-order valence-corrected chi connectivity index (χ0v) is 12.5. The van der Waals surface area contributed by atoms with Gasteiger partial charge in [0.2, 0.25) is 11.8 Å². The van der Waals surface area contributed by atoms with Crippen LogP contribution in [0.4, 0.5) is 5.69 Å². The van der Waals surface area contributed by atoms with E-state index in [-0.39, 0.29) is 24.4 Å². The van der Waals surface area contributed by atoms with Crippen molar-refractivity contribution in [3.63, 3.8) is 0 Å². The molecule has 0 radical (unpaired) electrons. The van der Waals surface area contributed by atoms with Crippen LogP contribution < -0.4 is 15.5 Å². The number of carbonyl (C=O) groups excluding carboxylic acids is 2. The van der Waals surface area contributed by atoms with Crippen molar-refractivity contribution in [2.45, 2.75) is 18.9 Å². The number of nitrogens with zero attached hydrogens (tertiary/aromatic N) is 1. The lowest BCUT2D eigenvalue weighted by atomic mass is 10.0. The number of benzene rings is 1. The van der Waals surface area contributed by atoms with Gasteiger partial charge in [-0.15, -0.1) is 0 Å². The predicted octanol–water partition coefficient (Wildman–Crippen LogP) is 0.0704. The number of hydrogen-bond acceptors (Lipinski definition) is 4. The highest BCUT2D eigenvalue weighted by molar-refractivity contribution is 5.98. The van der Waals surface area contributed by atoms with Gasteiger partial charge in [-0.1, -0.05) is 18.2 Å². The molecule has 6 nitrogen and oxygen atoms in total. The van der Waals surface area contributed by atoms with Crippen LogP contribution in [0, 0.1) is 0 Å². The number of ether oxygens (including phenoxy) is 1. The molecular weight excluding hydrogens is 282 g/mol. The number of anilines is 1. The van der Waals surface area contributed by atoms with E-state index in [1.165, 1.54) is 5.56 Å². The number of aryl methyl sites for hydroxylation is 1. The molecule has 3 rings (SSSR count). The number of carbonyl (C=O) groups is 2. The summed E-state index contributed by atoms with van der Waals surface area (Å²) in [7, 11) is 0. The molecular formula is C16H21N3O3. The second-order valence-corrected chi connectivity index (χ2v) is 5.58. The fourth-order valence-corrected chi connectivity index (χ4v) is 2.91. The molecule has 0 aromatic heterocycles. The van der Waals surface area contributed by atoms with Crippen molar-refractivity contribution in [1.82, 2.24) is 10.6 Å². The molecule has 22 heavy (non-hydrogen) atoms. The van der Waals surface area contributed by atoms with Gasteiger partial charge in [0.25, 0.3) is 0 Å². The van der Waals surface area contributed by atoms with Crippen molar-refractivity contribution in [2.75, 3.05) is 37.7 Å². The molecule has 0 bridgehead atoms. The molecule has 2 aliphatic rings. The molecule has 0 saturated carbocycles. The minimum absolute atomic E-state index is 0.0192. The molecule has 0 spiro atoms. The fourth-order valence-electron chi connectivity index (χ4n) is 2.91. The van der Waals surface area contributed by atoms with Gasteiger partial charge in [-0.05, 0) is 24.5 Å². The molecule has 1 aromatic carbocycles. The average molecular weight is 303 g/mol. The maximum absolute atomic E-state index is 12.4. The van der Waals surface area contributed by atoms with Crippen LogP contribution in [-0.4, -0.2) is 50.7 Å². The normalized spacial score (nSPS) is 21.1. The Morgan fingerprint density at radius 3 is 3.05 bits per heavy atom. The smallest absolute Gasteiger partial charge is 0.246 e. The average Bonchev–Trinajstić information content (AvgIpc) is 2.59. The molecule has 1 saturated heterocycles. The molecule has 118 valence electrons. The van der Waals surface area contributed by atoms with E-state index in [0.29, 0.717) is 26.3 Å². The molecule has 1 fully saturated rings. The second-order valence-electron chi connectivity index (χ2n) is 5.58. The topological polar surface area (TPSA) is 70.7 Å². The van der Waals surface area contributed by atoms with Crippen LogP contribution in [0.1, 0.15) is 12.0 Å². The van der Waals surface area contributed by atoms with E-state index in [1.54, 1.807) is 4.90 Å². The van der Waals surface area contributed by atoms with Crippen molar-refractivity contribution in [3.05, 3.63) is 29.8 Å². The SMILES string of the molecule is O=C(NCC(=O)N1CCCc2ccccc21)C1COCCN1. The van der Waals surface area contributed by atoms with Crippen molar-refractivity contribution in [1.29, 1.82) is 0 Å². The first-order valence-corrected chi connectivity index (χ1v) is 7.73. The lowest BCUT2D eigenvalue weighted by Gasteiger charge is -2.30. The van der Waals surface area contributed by atoms with Crippen LogP contribution in [0.15, 0.2) is 24.3 Å². The van der Waals surface area contributed by atoms with Crippen LogP contribution in [0.2, 0.25) is 0 Å². The molecule has 0 aliphatic carbocycles. The molecule has 1 atom stereocenters. The fraction of sp³-hybridized carbons (Fsp3) is 0.500. The van der Waals surface area contributed by atoms with Crippen molar-refractivity contribution >= 4 is 17.5 Å². The lowest BCUT2D eigenvalue weighted by molar-refractivity contribution is -0.128. The van der Waals surface area contributed by atoms with Gasteiger partial charge in [0.1, 0.15) is 6.04 Å². The van der Waals surface area contributed by atoms with Gasteiger partial charge in [-0.25, -0.2) is 0 Å². The summed E-state index contributed by atoms with van der Waals surface area (Å²) < 4.78 is 5.25. The summed E-state index contributed by atoms with van der Waals surface area (Å²) >= 11 is 0. The summed E-state index contributed by atoms with van der Waals surface area (Å²) in [4.78, 5) is 26.2. The van der Waals surface area contributed by atoms with Crippen molar-refractivity contribution in [3.8, 4) is 0 Å². The van der Waals surface area contributed by atoms with E-state index < -0.39 is 0 Å². The number of morpholine rings is 1. The van der Waals surface area contributed by atoms with Crippen molar-refractivity contribution in [2.24, 2.45) is 0 Å². The van der Waals surface area contributed by atoms with E-state index in [4.69, 9.17) is 4.74 Å². The second kappa shape index (κ2) is 6.89. The number of nitrogens with one attached hydrogen (secondary N) is 2. The predicted molar refractivity (Wildman–Crippen MR) is 82.7 cm³/mol. The Kier molecular flexibility index (Phi) is 4.70. The Morgan fingerprint density at radius 2 is 2.23 bits per heavy atom. The Morgan fingerprint density at radius 1 is 1.36 bits per heavy atom. The van der Waals surface area contributed by atoms with Gasteiger partial charge < -0.3 is 20.3 Å². The summed E-state index contributed by atoms with van der Waals surface area (Å²) in [5.74, 6) is -0.254. The third kappa shape index (κ3) is 3.28. The third-order valence-corrected chi connectivity index (χ3v) is 4.06. The highest BCUT2D eigenvalue weighted by atomic mass is 16.5. The number of amides is 2. The van der Waals surface area contributed by atoms with E-state index in [9.17, 15) is 9.59 Å². The van der Waals surface area contributed by atoms with E-state index in [2.05, 4.69) is 16.7 Å². The quantitative estimate of drug-likeness (QED) is 0.829. The summed E-state index contributed by atoms with van der Waals surface area (Å²) in [5.41, 5.74) is 2.16. The van der Waals surface area contributed by atoms with Crippen LogP contribution >= 0.6 is 0 Å². The molecule has 1 unspecified atom stereocenters.